The number of Topliss-reactive ketones (excluding diaryl/α,β-unsaturated/α-hetero) is 1. The first-order valence-electron chi connectivity index (χ1n) is 10.8. The van der Waals surface area contributed by atoms with E-state index in [1.807, 2.05) is 11.5 Å². The van der Waals surface area contributed by atoms with Crippen molar-refractivity contribution in [2.45, 2.75) is 25.9 Å². The zero-order chi connectivity index (χ0) is 24.2. The van der Waals surface area contributed by atoms with Crippen LogP contribution in [0, 0.1) is 5.82 Å². The molecule has 1 aliphatic rings. The molecule has 0 aliphatic carbocycles. The van der Waals surface area contributed by atoms with Gasteiger partial charge in [-0.1, -0.05) is 29.8 Å². The van der Waals surface area contributed by atoms with Crippen LogP contribution >= 0.6 is 11.6 Å². The van der Waals surface area contributed by atoms with E-state index in [1.54, 1.807) is 30.9 Å². The van der Waals surface area contributed by atoms with Crippen molar-refractivity contribution < 1.29 is 23.8 Å². The summed E-state index contributed by atoms with van der Waals surface area (Å²) in [6.07, 6.45) is 5.59. The number of carbonyl (C=O) groups is 2. The summed E-state index contributed by atoms with van der Waals surface area (Å²) in [5, 5.41) is 11.4. The van der Waals surface area contributed by atoms with Crippen molar-refractivity contribution >= 4 is 29.1 Å². The van der Waals surface area contributed by atoms with E-state index in [9.17, 15) is 19.1 Å². The predicted octanol–water partition coefficient (Wildman–Crippen LogP) is 4.59. The number of ketones is 1. The van der Waals surface area contributed by atoms with Crippen LogP contribution in [0.15, 0.2) is 66.8 Å². The molecular weight excluding hydrogens is 461 g/mol. The molecule has 1 aromatic heterocycles. The zero-order valence-corrected chi connectivity index (χ0v) is 19.2. The molecule has 7 nitrogen and oxygen atoms in total. The lowest BCUT2D eigenvalue weighted by molar-refractivity contribution is -0.140. The fraction of sp³-hybridized carbons (Fsp3) is 0.240. The molecule has 1 N–H and O–H groups in total. The van der Waals surface area contributed by atoms with Crippen LogP contribution < -0.4 is 4.74 Å². The highest BCUT2D eigenvalue weighted by Crippen LogP contribution is 2.41. The summed E-state index contributed by atoms with van der Waals surface area (Å²) < 4.78 is 22.1. The molecule has 0 bridgehead atoms. The lowest BCUT2D eigenvalue weighted by atomic mass is 9.95. The van der Waals surface area contributed by atoms with Gasteiger partial charge in [0.25, 0.3) is 11.7 Å². The Morgan fingerprint density at radius 3 is 2.68 bits per heavy atom. The largest absolute Gasteiger partial charge is 0.507 e. The summed E-state index contributed by atoms with van der Waals surface area (Å²) >= 11 is 6.26. The number of rotatable bonds is 8. The van der Waals surface area contributed by atoms with E-state index in [1.165, 1.54) is 35.2 Å². The summed E-state index contributed by atoms with van der Waals surface area (Å²) in [5.41, 5.74) is 0.173. The van der Waals surface area contributed by atoms with Gasteiger partial charge in [-0.15, -0.1) is 0 Å². The van der Waals surface area contributed by atoms with Crippen molar-refractivity contribution in [1.82, 2.24) is 14.5 Å². The fourth-order valence-corrected chi connectivity index (χ4v) is 4.28. The number of aliphatic hydroxyl groups is 1. The molecule has 0 radical (unpaired) electrons. The molecule has 0 spiro atoms. The smallest absolute Gasteiger partial charge is 0.295 e. The molecule has 2 heterocycles. The highest BCUT2D eigenvalue weighted by molar-refractivity contribution is 6.46. The normalized spacial score (nSPS) is 17.4. The van der Waals surface area contributed by atoms with Crippen LogP contribution in [-0.2, 0) is 16.1 Å². The van der Waals surface area contributed by atoms with Crippen molar-refractivity contribution in [1.29, 1.82) is 0 Å². The highest BCUT2D eigenvalue weighted by Gasteiger charge is 2.46. The Bertz CT molecular complexity index is 1240. The summed E-state index contributed by atoms with van der Waals surface area (Å²) in [5.74, 6) is -2.25. The topological polar surface area (TPSA) is 84.7 Å². The van der Waals surface area contributed by atoms with Crippen LogP contribution in [0.4, 0.5) is 4.39 Å². The molecule has 3 aromatic rings. The van der Waals surface area contributed by atoms with Gasteiger partial charge in [-0.2, -0.15) is 0 Å². The molecule has 1 aliphatic heterocycles. The minimum absolute atomic E-state index is 0.128. The van der Waals surface area contributed by atoms with Crippen LogP contribution in [-0.4, -0.2) is 44.4 Å². The Morgan fingerprint density at radius 2 is 2.00 bits per heavy atom. The van der Waals surface area contributed by atoms with Gasteiger partial charge in [-0.25, -0.2) is 9.37 Å². The van der Waals surface area contributed by atoms with Crippen LogP contribution in [0.25, 0.3) is 5.76 Å². The first-order chi connectivity index (χ1) is 16.4. The Balaban J connectivity index is 1.75. The number of halogens is 2. The maximum atomic E-state index is 14.9. The Labute approximate surface area is 201 Å². The summed E-state index contributed by atoms with van der Waals surface area (Å²) in [6, 6.07) is 9.40. The minimum atomic E-state index is -1.07. The molecule has 0 saturated carbocycles. The van der Waals surface area contributed by atoms with Gasteiger partial charge in [0.1, 0.15) is 17.3 Å². The van der Waals surface area contributed by atoms with Crippen molar-refractivity contribution in [3.05, 3.63) is 88.7 Å². The molecule has 2 aromatic carbocycles. The number of nitrogens with zero attached hydrogens (tertiary/aromatic N) is 3. The third-order valence-electron chi connectivity index (χ3n) is 5.62. The average molecular weight is 484 g/mol. The zero-order valence-electron chi connectivity index (χ0n) is 18.4. The van der Waals surface area contributed by atoms with Gasteiger partial charge in [0, 0.05) is 36.6 Å². The van der Waals surface area contributed by atoms with E-state index < -0.39 is 29.3 Å². The van der Waals surface area contributed by atoms with Crippen molar-refractivity contribution in [3.8, 4) is 5.75 Å². The lowest BCUT2D eigenvalue weighted by Crippen LogP contribution is -2.31. The summed E-state index contributed by atoms with van der Waals surface area (Å²) in [4.78, 5) is 31.3. The lowest BCUT2D eigenvalue weighted by Gasteiger charge is -2.25. The monoisotopic (exact) mass is 483 g/mol. The van der Waals surface area contributed by atoms with E-state index in [0.29, 0.717) is 25.3 Å². The molecule has 0 unspecified atom stereocenters. The minimum Gasteiger partial charge on any atom is -0.507 e. The fourth-order valence-electron chi connectivity index (χ4n) is 4.05. The molecular formula is C25H23ClFN3O4. The molecule has 9 heteroatoms. The molecule has 176 valence electrons. The standard InChI is InChI=1S/C25H23ClFN3O4/c1-2-34-20-9-8-16(14-18(20)26)23(31)21-22(17-6-3-4-7-19(17)27)30(25(33)24(21)32)12-5-11-29-13-10-28-15-29/h3-4,6-10,13-15,22,31H,2,5,11-12H2,1H3/b23-21+/t22-/m1/s1. The summed E-state index contributed by atoms with van der Waals surface area (Å²) in [7, 11) is 0. The maximum absolute atomic E-state index is 14.9. The van der Waals surface area contributed by atoms with Crippen LogP contribution in [0.3, 0.4) is 0 Å². The number of aryl methyl sites for hydroxylation is 1. The molecule has 34 heavy (non-hydrogen) atoms. The van der Waals surface area contributed by atoms with Gasteiger partial charge >= 0.3 is 0 Å². The van der Waals surface area contributed by atoms with Crippen LogP contribution in [0.1, 0.15) is 30.5 Å². The molecule has 1 fully saturated rings. The second kappa shape index (κ2) is 10.1. The number of imidazole rings is 1. The average Bonchev–Trinajstić information content (AvgIpc) is 3.43. The van der Waals surface area contributed by atoms with Gasteiger partial charge in [0.15, 0.2) is 0 Å². The Kier molecular flexibility index (Phi) is 6.98. The SMILES string of the molecule is CCOc1ccc(/C(O)=C2\C(=O)C(=O)N(CCCn3ccnc3)[C@@H]2c2ccccc2F)cc1Cl. The number of aromatic nitrogens is 2. The third-order valence-corrected chi connectivity index (χ3v) is 5.91. The number of aliphatic hydroxyl groups excluding tert-OH is 1. The number of amides is 1. The molecule has 1 atom stereocenters. The second-order valence-corrected chi connectivity index (χ2v) is 8.15. The van der Waals surface area contributed by atoms with E-state index in [4.69, 9.17) is 16.3 Å². The van der Waals surface area contributed by atoms with Gasteiger partial charge in [0.2, 0.25) is 0 Å². The van der Waals surface area contributed by atoms with Crippen molar-refractivity contribution in [3.63, 3.8) is 0 Å². The van der Waals surface area contributed by atoms with Gasteiger partial charge < -0.3 is 19.3 Å². The van der Waals surface area contributed by atoms with E-state index >= 15 is 0 Å². The van der Waals surface area contributed by atoms with Crippen LogP contribution in [0.2, 0.25) is 5.02 Å². The number of benzene rings is 2. The van der Waals surface area contributed by atoms with Gasteiger partial charge in [0.05, 0.1) is 29.6 Å². The number of hydrogen-bond donors (Lipinski definition) is 1. The molecule has 1 amide bonds. The molecule has 1 saturated heterocycles. The van der Waals surface area contributed by atoms with Gasteiger partial charge in [-0.3, -0.25) is 9.59 Å². The second-order valence-electron chi connectivity index (χ2n) is 7.75. The van der Waals surface area contributed by atoms with Crippen LogP contribution in [0.5, 0.6) is 5.75 Å². The third kappa shape index (κ3) is 4.54. The van der Waals surface area contributed by atoms with E-state index in [0.717, 1.165) is 0 Å². The molecule has 4 rings (SSSR count). The Hall–Kier alpha value is -3.65. The quantitative estimate of drug-likeness (QED) is 0.288. The van der Waals surface area contributed by atoms with Crippen molar-refractivity contribution in [2.24, 2.45) is 0 Å². The first kappa shape index (κ1) is 23.5. The first-order valence-corrected chi connectivity index (χ1v) is 11.2. The number of carbonyl (C=O) groups excluding carboxylic acids is 2. The maximum Gasteiger partial charge on any atom is 0.295 e. The van der Waals surface area contributed by atoms with E-state index in [-0.39, 0.29) is 28.3 Å². The van der Waals surface area contributed by atoms with Crippen molar-refractivity contribution in [2.75, 3.05) is 13.2 Å². The highest BCUT2D eigenvalue weighted by atomic mass is 35.5. The number of likely N-dealkylation sites (tertiary alicyclic amines) is 1. The van der Waals surface area contributed by atoms with E-state index in [2.05, 4.69) is 4.98 Å². The summed E-state index contributed by atoms with van der Waals surface area (Å²) in [6.45, 7) is 2.96. The number of ether oxygens (including phenoxy) is 1. The predicted molar refractivity (Wildman–Crippen MR) is 125 cm³/mol. The van der Waals surface area contributed by atoms with Gasteiger partial charge in [-0.05, 0) is 37.6 Å². The number of hydrogen-bond acceptors (Lipinski definition) is 5. The Morgan fingerprint density at radius 1 is 1.21 bits per heavy atom.